The van der Waals surface area contributed by atoms with Gasteiger partial charge in [-0.15, -0.1) is 0 Å². The Balaban J connectivity index is 1.68. The zero-order valence-electron chi connectivity index (χ0n) is 12.9. The highest BCUT2D eigenvalue weighted by atomic mass is 16.5. The summed E-state index contributed by atoms with van der Waals surface area (Å²) in [6.07, 6.45) is 15.8. The predicted octanol–water partition coefficient (Wildman–Crippen LogP) is 4.29. The first-order valence-electron chi connectivity index (χ1n) is 8.60. The van der Waals surface area contributed by atoms with Crippen LogP contribution in [0, 0.1) is 5.41 Å². The molecular formula is C17H33NO. The van der Waals surface area contributed by atoms with Crippen LogP contribution in [0.5, 0.6) is 0 Å². The quantitative estimate of drug-likeness (QED) is 0.824. The predicted molar refractivity (Wildman–Crippen MR) is 81.5 cm³/mol. The average Bonchev–Trinajstić information content (AvgIpc) is 2.36. The van der Waals surface area contributed by atoms with Gasteiger partial charge >= 0.3 is 0 Å². The summed E-state index contributed by atoms with van der Waals surface area (Å²) in [5, 5.41) is 3.84. The highest BCUT2D eigenvalue weighted by Gasteiger charge is 2.33. The van der Waals surface area contributed by atoms with Crippen LogP contribution in [0.25, 0.3) is 0 Å². The molecule has 1 aliphatic carbocycles. The minimum Gasteiger partial charge on any atom is -0.380 e. The van der Waals surface area contributed by atoms with Gasteiger partial charge in [0.25, 0.3) is 0 Å². The molecule has 0 unspecified atom stereocenters. The minimum atomic E-state index is 0.420. The van der Waals surface area contributed by atoms with Gasteiger partial charge in [-0.25, -0.2) is 0 Å². The lowest BCUT2D eigenvalue weighted by Crippen LogP contribution is -2.49. The number of ether oxygens (including phenoxy) is 1. The summed E-state index contributed by atoms with van der Waals surface area (Å²) >= 11 is 0. The van der Waals surface area contributed by atoms with Gasteiger partial charge in [-0.1, -0.05) is 64.7 Å². The molecule has 0 spiro atoms. The Labute approximate surface area is 119 Å². The zero-order chi connectivity index (χ0) is 13.4. The molecular weight excluding hydrogens is 234 g/mol. The molecule has 2 heteroatoms. The van der Waals surface area contributed by atoms with Crippen LogP contribution in [-0.4, -0.2) is 25.8 Å². The largest absolute Gasteiger partial charge is 0.380 e. The highest BCUT2D eigenvalue weighted by molar-refractivity contribution is 4.84. The van der Waals surface area contributed by atoms with Crippen LogP contribution >= 0.6 is 0 Å². The number of hydrogen-bond donors (Lipinski definition) is 1. The van der Waals surface area contributed by atoms with Crippen molar-refractivity contribution in [2.45, 2.75) is 83.6 Å². The molecule has 112 valence electrons. The molecule has 1 aliphatic heterocycles. The minimum absolute atomic E-state index is 0.420. The van der Waals surface area contributed by atoms with Gasteiger partial charge in [0.05, 0.1) is 13.2 Å². The van der Waals surface area contributed by atoms with Crippen LogP contribution in [0.3, 0.4) is 0 Å². The SMILES string of the molecule is CC1(CNC2CCCCCCCCCCC2)COC1. The molecule has 0 atom stereocenters. The molecule has 19 heavy (non-hydrogen) atoms. The number of nitrogens with one attached hydrogen (secondary N) is 1. The van der Waals surface area contributed by atoms with Crippen molar-refractivity contribution < 1.29 is 4.74 Å². The van der Waals surface area contributed by atoms with Crippen molar-refractivity contribution in [2.75, 3.05) is 19.8 Å². The van der Waals surface area contributed by atoms with Gasteiger partial charge in [0, 0.05) is 18.0 Å². The number of hydrogen-bond acceptors (Lipinski definition) is 2. The van der Waals surface area contributed by atoms with Crippen LogP contribution < -0.4 is 5.32 Å². The van der Waals surface area contributed by atoms with Crippen LogP contribution in [0.15, 0.2) is 0 Å². The first kappa shape index (κ1) is 15.3. The summed E-state index contributed by atoms with van der Waals surface area (Å²) in [5.41, 5.74) is 0.420. The molecule has 2 fully saturated rings. The Bertz CT molecular complexity index is 225. The molecule has 2 aliphatic rings. The van der Waals surface area contributed by atoms with Crippen LogP contribution in [-0.2, 0) is 4.74 Å². The lowest BCUT2D eigenvalue weighted by Gasteiger charge is -2.39. The fourth-order valence-electron chi connectivity index (χ4n) is 3.31. The van der Waals surface area contributed by atoms with Gasteiger partial charge in [-0.3, -0.25) is 0 Å². The lowest BCUT2D eigenvalue weighted by atomic mass is 9.88. The van der Waals surface area contributed by atoms with Crippen LogP contribution in [0.1, 0.15) is 77.6 Å². The summed E-state index contributed by atoms with van der Waals surface area (Å²) in [7, 11) is 0. The zero-order valence-corrected chi connectivity index (χ0v) is 12.9. The van der Waals surface area contributed by atoms with Gasteiger partial charge in [-0.05, 0) is 12.8 Å². The van der Waals surface area contributed by atoms with Crippen molar-refractivity contribution in [2.24, 2.45) is 5.41 Å². The maximum Gasteiger partial charge on any atom is 0.0554 e. The van der Waals surface area contributed by atoms with Crippen molar-refractivity contribution in [1.82, 2.24) is 5.32 Å². The van der Waals surface area contributed by atoms with E-state index in [-0.39, 0.29) is 0 Å². The first-order valence-corrected chi connectivity index (χ1v) is 8.60. The van der Waals surface area contributed by atoms with E-state index in [0.29, 0.717) is 5.41 Å². The molecule has 0 aromatic carbocycles. The Hall–Kier alpha value is -0.0800. The van der Waals surface area contributed by atoms with E-state index in [1.807, 2.05) is 0 Å². The lowest BCUT2D eigenvalue weighted by molar-refractivity contribution is -0.100. The average molecular weight is 267 g/mol. The Kier molecular flexibility index (Phi) is 6.66. The van der Waals surface area contributed by atoms with Crippen LogP contribution in [0.4, 0.5) is 0 Å². The number of rotatable bonds is 3. The van der Waals surface area contributed by atoms with E-state index in [0.717, 1.165) is 25.8 Å². The third-order valence-corrected chi connectivity index (χ3v) is 4.82. The normalized spacial score (nSPS) is 27.0. The fraction of sp³-hybridized carbons (Fsp3) is 1.00. The molecule has 1 N–H and O–H groups in total. The molecule has 0 aromatic rings. The van der Waals surface area contributed by atoms with Gasteiger partial charge in [0.1, 0.15) is 0 Å². The molecule has 2 rings (SSSR count). The standard InChI is InChI=1S/C17H33NO/c1-17(14-19-15-17)13-18-16-11-9-7-5-3-2-4-6-8-10-12-16/h16,18H,2-15H2,1H3. The van der Waals surface area contributed by atoms with Crippen molar-refractivity contribution >= 4 is 0 Å². The Morgan fingerprint density at radius 1 is 0.842 bits per heavy atom. The maximum atomic E-state index is 5.35. The summed E-state index contributed by atoms with van der Waals surface area (Å²) in [6.45, 7) is 5.40. The van der Waals surface area contributed by atoms with Gasteiger partial charge in [0.2, 0.25) is 0 Å². The smallest absolute Gasteiger partial charge is 0.0554 e. The maximum absolute atomic E-state index is 5.35. The van der Waals surface area contributed by atoms with Crippen LogP contribution in [0.2, 0.25) is 0 Å². The molecule has 0 amide bonds. The molecule has 1 saturated carbocycles. The first-order chi connectivity index (χ1) is 9.29. The second-order valence-corrected chi connectivity index (χ2v) is 7.14. The topological polar surface area (TPSA) is 21.3 Å². The highest BCUT2D eigenvalue weighted by Crippen LogP contribution is 2.26. The van der Waals surface area contributed by atoms with E-state index in [4.69, 9.17) is 4.74 Å². The van der Waals surface area contributed by atoms with Crippen molar-refractivity contribution in [1.29, 1.82) is 0 Å². The van der Waals surface area contributed by atoms with E-state index in [2.05, 4.69) is 12.2 Å². The van der Waals surface area contributed by atoms with Gasteiger partial charge < -0.3 is 10.1 Å². The molecule has 1 heterocycles. The second kappa shape index (κ2) is 8.26. The van der Waals surface area contributed by atoms with Gasteiger partial charge in [-0.2, -0.15) is 0 Å². The van der Waals surface area contributed by atoms with E-state index in [9.17, 15) is 0 Å². The molecule has 0 bridgehead atoms. The summed E-state index contributed by atoms with van der Waals surface area (Å²) in [6, 6.07) is 0.761. The van der Waals surface area contributed by atoms with Gasteiger partial charge in [0.15, 0.2) is 0 Å². The molecule has 2 nitrogen and oxygen atoms in total. The third-order valence-electron chi connectivity index (χ3n) is 4.82. The third kappa shape index (κ3) is 5.83. The van der Waals surface area contributed by atoms with Crippen molar-refractivity contribution in [3.63, 3.8) is 0 Å². The summed E-state index contributed by atoms with van der Waals surface area (Å²) in [4.78, 5) is 0. The van der Waals surface area contributed by atoms with Crippen molar-refractivity contribution in [3.8, 4) is 0 Å². The fourth-order valence-corrected chi connectivity index (χ4v) is 3.31. The summed E-state index contributed by atoms with van der Waals surface area (Å²) in [5.74, 6) is 0. The second-order valence-electron chi connectivity index (χ2n) is 7.14. The van der Waals surface area contributed by atoms with E-state index >= 15 is 0 Å². The van der Waals surface area contributed by atoms with Crippen molar-refractivity contribution in [3.05, 3.63) is 0 Å². The molecule has 0 aromatic heterocycles. The molecule has 1 saturated heterocycles. The van der Waals surface area contributed by atoms with E-state index in [1.165, 1.54) is 70.6 Å². The molecule has 0 radical (unpaired) electrons. The Morgan fingerprint density at radius 3 is 1.74 bits per heavy atom. The summed E-state index contributed by atoms with van der Waals surface area (Å²) < 4.78 is 5.35. The van der Waals surface area contributed by atoms with E-state index < -0.39 is 0 Å². The Morgan fingerprint density at radius 2 is 1.32 bits per heavy atom. The monoisotopic (exact) mass is 267 g/mol. The van der Waals surface area contributed by atoms with E-state index in [1.54, 1.807) is 0 Å².